The zero-order valence-electron chi connectivity index (χ0n) is 15.9. The average Bonchev–Trinajstić information content (AvgIpc) is 3.33. The average molecular weight is 372 g/mol. The molecular formula is C23H24N4O. The van der Waals surface area contributed by atoms with Crippen molar-refractivity contribution < 1.29 is 4.79 Å². The van der Waals surface area contributed by atoms with Gasteiger partial charge in [0.1, 0.15) is 5.65 Å². The van der Waals surface area contributed by atoms with E-state index in [1.54, 1.807) is 6.20 Å². The molecule has 0 radical (unpaired) electrons. The molecule has 28 heavy (non-hydrogen) atoms. The summed E-state index contributed by atoms with van der Waals surface area (Å²) in [4.78, 5) is 17.7. The number of nitrogens with one attached hydrogen (secondary N) is 1. The number of carbonyl (C=O) groups is 1. The highest BCUT2D eigenvalue weighted by Gasteiger charge is 2.21. The van der Waals surface area contributed by atoms with Crippen molar-refractivity contribution >= 4 is 27.7 Å². The third-order valence-corrected chi connectivity index (χ3v) is 5.99. The Morgan fingerprint density at radius 2 is 1.79 bits per heavy atom. The number of aromatic nitrogens is 4. The van der Waals surface area contributed by atoms with Crippen molar-refractivity contribution in [1.29, 1.82) is 0 Å². The first kappa shape index (κ1) is 17.2. The summed E-state index contributed by atoms with van der Waals surface area (Å²) >= 11 is 0. The van der Waals surface area contributed by atoms with E-state index in [0.717, 1.165) is 46.0 Å². The van der Waals surface area contributed by atoms with Crippen LogP contribution >= 0.6 is 0 Å². The van der Waals surface area contributed by atoms with Gasteiger partial charge in [-0.3, -0.25) is 9.89 Å². The van der Waals surface area contributed by atoms with Gasteiger partial charge in [0, 0.05) is 40.3 Å². The molecule has 1 aromatic carbocycles. The van der Waals surface area contributed by atoms with Gasteiger partial charge in [0.05, 0.1) is 11.7 Å². The number of pyridine rings is 1. The van der Waals surface area contributed by atoms with Gasteiger partial charge in [-0.2, -0.15) is 5.10 Å². The van der Waals surface area contributed by atoms with E-state index < -0.39 is 0 Å². The van der Waals surface area contributed by atoms with Gasteiger partial charge < -0.3 is 4.57 Å². The van der Waals surface area contributed by atoms with Crippen LogP contribution in [-0.4, -0.2) is 25.5 Å². The van der Waals surface area contributed by atoms with Crippen LogP contribution in [-0.2, 0) is 0 Å². The van der Waals surface area contributed by atoms with Crippen LogP contribution in [0.25, 0.3) is 27.6 Å². The number of Topliss-reactive ketones (excluding diaryl/α,β-unsaturated/α-hetero) is 1. The summed E-state index contributed by atoms with van der Waals surface area (Å²) in [6.45, 7) is 0. The second kappa shape index (κ2) is 7.23. The molecule has 5 heteroatoms. The van der Waals surface area contributed by atoms with Crippen molar-refractivity contribution in [3.63, 3.8) is 0 Å². The number of nitrogens with zero attached hydrogens (tertiary/aromatic N) is 3. The van der Waals surface area contributed by atoms with Gasteiger partial charge in [-0.25, -0.2) is 4.98 Å². The second-order valence-corrected chi connectivity index (χ2v) is 7.87. The minimum atomic E-state index is 0.158. The maximum Gasteiger partial charge on any atom is 0.167 e. The highest BCUT2D eigenvalue weighted by Crippen LogP contribution is 2.27. The van der Waals surface area contributed by atoms with Gasteiger partial charge >= 0.3 is 0 Å². The first-order chi connectivity index (χ1) is 13.8. The molecule has 3 aromatic heterocycles. The third-order valence-electron chi connectivity index (χ3n) is 5.99. The van der Waals surface area contributed by atoms with Gasteiger partial charge in [-0.15, -0.1) is 0 Å². The Labute approximate surface area is 163 Å². The molecule has 1 N–H and O–H groups in total. The first-order valence-electron chi connectivity index (χ1n) is 10.2. The van der Waals surface area contributed by atoms with Crippen molar-refractivity contribution in [3.05, 3.63) is 54.5 Å². The minimum absolute atomic E-state index is 0.158. The van der Waals surface area contributed by atoms with Gasteiger partial charge in [-0.1, -0.05) is 32.1 Å². The summed E-state index contributed by atoms with van der Waals surface area (Å²) in [5.74, 6) is 0.425. The summed E-state index contributed by atoms with van der Waals surface area (Å²) in [5, 5.41) is 9.13. The van der Waals surface area contributed by atoms with E-state index in [-0.39, 0.29) is 11.7 Å². The number of rotatable bonds is 3. The lowest BCUT2D eigenvalue weighted by molar-refractivity contribution is 0.0898. The normalized spacial score (nSPS) is 16.3. The first-order valence-corrected chi connectivity index (χ1v) is 10.2. The standard InChI is InChI=1S/C23H24N4O/c28-22(16-6-4-2-1-3-5-7-16)19-12-17-10-11-27(23(17)24-14-19)20-8-9-21-18(13-20)15-25-26-21/h8-16H,1-7H2,(H,25,26). The fourth-order valence-corrected chi connectivity index (χ4v) is 4.40. The molecule has 0 amide bonds. The van der Waals surface area contributed by atoms with Crippen LogP contribution in [0.1, 0.15) is 55.3 Å². The lowest BCUT2D eigenvalue weighted by Crippen LogP contribution is -2.16. The maximum atomic E-state index is 13.0. The van der Waals surface area contributed by atoms with E-state index in [2.05, 4.69) is 31.9 Å². The lowest BCUT2D eigenvalue weighted by atomic mass is 9.86. The Kier molecular flexibility index (Phi) is 4.43. The highest BCUT2D eigenvalue weighted by atomic mass is 16.1. The van der Waals surface area contributed by atoms with Crippen LogP contribution in [0.3, 0.4) is 0 Å². The fourth-order valence-electron chi connectivity index (χ4n) is 4.40. The zero-order valence-corrected chi connectivity index (χ0v) is 15.9. The Hall–Kier alpha value is -2.95. The van der Waals surface area contributed by atoms with Crippen molar-refractivity contribution in [2.24, 2.45) is 5.92 Å². The van der Waals surface area contributed by atoms with Crippen LogP contribution in [0.15, 0.2) is 48.9 Å². The van der Waals surface area contributed by atoms with Crippen LogP contribution < -0.4 is 0 Å². The highest BCUT2D eigenvalue weighted by molar-refractivity contribution is 6.00. The summed E-state index contributed by atoms with van der Waals surface area (Å²) in [6.07, 6.45) is 13.8. The summed E-state index contributed by atoms with van der Waals surface area (Å²) in [7, 11) is 0. The second-order valence-electron chi connectivity index (χ2n) is 7.87. The minimum Gasteiger partial charge on any atom is -0.301 e. The number of H-pyrrole nitrogens is 1. The van der Waals surface area contributed by atoms with Crippen molar-refractivity contribution in [2.75, 3.05) is 0 Å². The number of ketones is 1. The quantitative estimate of drug-likeness (QED) is 0.487. The molecule has 5 rings (SSSR count). The number of hydrogen-bond donors (Lipinski definition) is 1. The van der Waals surface area contributed by atoms with E-state index in [0.29, 0.717) is 0 Å². The molecule has 0 saturated heterocycles. The van der Waals surface area contributed by atoms with Crippen molar-refractivity contribution in [2.45, 2.75) is 44.9 Å². The molecule has 1 aliphatic carbocycles. The molecule has 1 saturated carbocycles. The van der Waals surface area contributed by atoms with Crippen molar-refractivity contribution in [3.8, 4) is 5.69 Å². The van der Waals surface area contributed by atoms with Crippen LogP contribution in [0.4, 0.5) is 0 Å². The maximum absolute atomic E-state index is 13.0. The molecule has 142 valence electrons. The molecule has 0 atom stereocenters. The van der Waals surface area contributed by atoms with E-state index >= 15 is 0 Å². The van der Waals surface area contributed by atoms with E-state index in [4.69, 9.17) is 0 Å². The monoisotopic (exact) mass is 372 g/mol. The molecular weight excluding hydrogens is 348 g/mol. The van der Waals surface area contributed by atoms with Gasteiger partial charge in [0.15, 0.2) is 5.78 Å². The van der Waals surface area contributed by atoms with Gasteiger partial charge in [0.25, 0.3) is 0 Å². The number of carbonyl (C=O) groups excluding carboxylic acids is 1. The Balaban J connectivity index is 1.46. The fraction of sp³-hybridized carbons (Fsp3) is 0.348. The molecule has 0 unspecified atom stereocenters. The van der Waals surface area contributed by atoms with Gasteiger partial charge in [-0.05, 0) is 43.2 Å². The number of aromatic amines is 1. The van der Waals surface area contributed by atoms with Gasteiger partial charge in [0.2, 0.25) is 0 Å². The molecule has 3 heterocycles. The molecule has 5 nitrogen and oxygen atoms in total. The number of benzene rings is 1. The van der Waals surface area contributed by atoms with E-state index in [1.807, 2.05) is 30.6 Å². The molecule has 1 fully saturated rings. The van der Waals surface area contributed by atoms with Crippen LogP contribution in [0.2, 0.25) is 0 Å². The molecule has 1 aliphatic rings. The Bertz CT molecular complexity index is 1130. The Morgan fingerprint density at radius 1 is 0.964 bits per heavy atom. The summed E-state index contributed by atoms with van der Waals surface area (Å²) < 4.78 is 2.06. The molecule has 0 bridgehead atoms. The Morgan fingerprint density at radius 3 is 2.64 bits per heavy atom. The lowest BCUT2D eigenvalue weighted by Gasteiger charge is -2.18. The topological polar surface area (TPSA) is 63.6 Å². The van der Waals surface area contributed by atoms with E-state index in [9.17, 15) is 4.79 Å². The SMILES string of the molecule is O=C(c1cnc2c(ccn2-c2ccc3[nH]ncc3c2)c1)C1CCCCCCC1. The third kappa shape index (κ3) is 3.11. The summed E-state index contributed by atoms with van der Waals surface area (Å²) in [6, 6.07) is 10.2. The molecule has 4 aromatic rings. The smallest absolute Gasteiger partial charge is 0.167 e. The predicted molar refractivity (Wildman–Crippen MR) is 111 cm³/mol. The van der Waals surface area contributed by atoms with E-state index in [1.165, 1.54) is 32.1 Å². The van der Waals surface area contributed by atoms with Crippen molar-refractivity contribution in [1.82, 2.24) is 19.7 Å². The number of fused-ring (bicyclic) bond motifs is 2. The molecule has 0 spiro atoms. The predicted octanol–water partition coefficient (Wildman–Crippen LogP) is 5.45. The molecule has 0 aliphatic heterocycles. The van der Waals surface area contributed by atoms with Crippen LogP contribution in [0.5, 0.6) is 0 Å². The summed E-state index contributed by atoms with van der Waals surface area (Å²) in [5.41, 5.74) is 3.67. The zero-order chi connectivity index (χ0) is 18.9. The largest absolute Gasteiger partial charge is 0.301 e. The number of hydrogen-bond acceptors (Lipinski definition) is 3. The van der Waals surface area contributed by atoms with Crippen LogP contribution in [0, 0.1) is 5.92 Å².